The maximum absolute atomic E-state index is 12.4. The van der Waals surface area contributed by atoms with E-state index in [-0.39, 0.29) is 17.8 Å². The molecule has 3 heterocycles. The summed E-state index contributed by atoms with van der Waals surface area (Å²) in [6.07, 6.45) is 7.02. The quantitative estimate of drug-likeness (QED) is 0.653. The van der Waals surface area contributed by atoms with Crippen LogP contribution < -0.4 is 0 Å². The number of hydrogen-bond acceptors (Lipinski definition) is 6. The van der Waals surface area contributed by atoms with Crippen molar-refractivity contribution in [2.75, 3.05) is 13.1 Å². The van der Waals surface area contributed by atoms with Crippen LogP contribution in [-0.2, 0) is 4.74 Å². The predicted octanol–water partition coefficient (Wildman–Crippen LogP) is 4.74. The molecular weight excluding hydrogens is 370 g/mol. The molecule has 7 heteroatoms. The van der Waals surface area contributed by atoms with Crippen LogP contribution in [0.5, 0.6) is 0 Å². The molecule has 29 heavy (non-hydrogen) atoms. The van der Waals surface area contributed by atoms with Gasteiger partial charge in [-0.05, 0) is 64.5 Å². The summed E-state index contributed by atoms with van der Waals surface area (Å²) in [7, 11) is 0. The Balaban J connectivity index is 1.39. The lowest BCUT2D eigenvalue weighted by atomic mass is 9.91. The second-order valence-electron chi connectivity index (χ2n) is 8.47. The van der Waals surface area contributed by atoms with Gasteiger partial charge < -0.3 is 14.1 Å². The third-order valence-corrected chi connectivity index (χ3v) is 4.94. The first-order chi connectivity index (χ1) is 13.8. The van der Waals surface area contributed by atoms with E-state index in [0.717, 1.165) is 25.7 Å². The smallest absolute Gasteiger partial charge is 0.410 e. The summed E-state index contributed by atoms with van der Waals surface area (Å²) in [5, 5.41) is 0. The van der Waals surface area contributed by atoms with Gasteiger partial charge in [0.15, 0.2) is 5.76 Å². The van der Waals surface area contributed by atoms with Crippen LogP contribution in [-0.4, -0.2) is 45.4 Å². The van der Waals surface area contributed by atoms with Gasteiger partial charge >= 0.3 is 6.09 Å². The number of aromatic nitrogens is 2. The molecule has 0 N–H and O–H groups in total. The fraction of sp³-hybridized carbons (Fsp3) is 0.545. The number of ketones is 1. The summed E-state index contributed by atoms with van der Waals surface area (Å²) >= 11 is 0. The van der Waals surface area contributed by atoms with Gasteiger partial charge in [0.1, 0.15) is 11.3 Å². The zero-order valence-corrected chi connectivity index (χ0v) is 17.4. The highest BCUT2D eigenvalue weighted by molar-refractivity contribution is 5.91. The number of carbonyl (C=O) groups excluding carboxylic acids is 2. The molecule has 7 nitrogen and oxygen atoms in total. The molecule has 0 atom stereocenters. The molecular formula is C22H29N3O4. The molecule has 3 rings (SSSR count). The van der Waals surface area contributed by atoms with Gasteiger partial charge in [0.05, 0.1) is 6.20 Å². The Bertz CT molecular complexity index is 818. The number of carbonyl (C=O) groups is 2. The molecule has 0 saturated carbocycles. The zero-order chi connectivity index (χ0) is 20.9. The first kappa shape index (κ1) is 21.0. The van der Waals surface area contributed by atoms with Crippen molar-refractivity contribution in [1.82, 2.24) is 14.9 Å². The maximum Gasteiger partial charge on any atom is 0.410 e. The van der Waals surface area contributed by atoms with Crippen LogP contribution >= 0.6 is 0 Å². The van der Waals surface area contributed by atoms with Crippen LogP contribution in [0.25, 0.3) is 11.5 Å². The van der Waals surface area contributed by atoms with Gasteiger partial charge in [-0.15, -0.1) is 0 Å². The predicted molar refractivity (Wildman–Crippen MR) is 108 cm³/mol. The van der Waals surface area contributed by atoms with E-state index >= 15 is 0 Å². The van der Waals surface area contributed by atoms with Crippen LogP contribution in [0.3, 0.4) is 0 Å². The molecule has 2 aromatic heterocycles. The molecule has 1 amide bonds. The molecule has 0 spiro atoms. The van der Waals surface area contributed by atoms with Gasteiger partial charge in [0.2, 0.25) is 5.78 Å². The van der Waals surface area contributed by atoms with Gasteiger partial charge in [-0.25, -0.2) is 9.78 Å². The van der Waals surface area contributed by atoms with Crippen LogP contribution in [0, 0.1) is 5.92 Å². The highest BCUT2D eigenvalue weighted by Gasteiger charge is 2.27. The molecule has 0 aromatic carbocycles. The first-order valence-electron chi connectivity index (χ1n) is 10.2. The average molecular weight is 399 g/mol. The fourth-order valence-electron chi connectivity index (χ4n) is 3.42. The molecule has 2 aromatic rings. The Morgan fingerprint density at radius 1 is 1.21 bits per heavy atom. The van der Waals surface area contributed by atoms with Crippen molar-refractivity contribution in [3.8, 4) is 11.5 Å². The Kier molecular flexibility index (Phi) is 6.67. The van der Waals surface area contributed by atoms with Crippen molar-refractivity contribution in [2.24, 2.45) is 5.92 Å². The summed E-state index contributed by atoms with van der Waals surface area (Å²) in [5.41, 5.74) is 0.195. The highest BCUT2D eigenvalue weighted by atomic mass is 16.6. The maximum atomic E-state index is 12.4. The largest absolute Gasteiger partial charge is 0.444 e. The van der Waals surface area contributed by atoms with E-state index in [2.05, 4.69) is 9.97 Å². The summed E-state index contributed by atoms with van der Waals surface area (Å²) in [6, 6.07) is 5.50. The number of piperidine rings is 1. The second-order valence-corrected chi connectivity index (χ2v) is 8.47. The van der Waals surface area contributed by atoms with E-state index in [9.17, 15) is 9.59 Å². The lowest BCUT2D eigenvalue weighted by Gasteiger charge is -2.33. The Morgan fingerprint density at radius 3 is 2.62 bits per heavy atom. The summed E-state index contributed by atoms with van der Waals surface area (Å²) in [4.78, 5) is 34.6. The Morgan fingerprint density at radius 2 is 1.97 bits per heavy atom. The fourth-order valence-corrected chi connectivity index (χ4v) is 3.42. The lowest BCUT2D eigenvalue weighted by molar-refractivity contribution is 0.0181. The SMILES string of the molecule is CC(C)(C)OC(=O)N1CCC(CCCC(=O)c2ncc(-c3ccccn3)o2)CC1. The zero-order valence-electron chi connectivity index (χ0n) is 17.4. The van der Waals surface area contributed by atoms with Crippen molar-refractivity contribution < 1.29 is 18.7 Å². The van der Waals surface area contributed by atoms with Crippen molar-refractivity contribution >= 4 is 11.9 Å². The number of pyridine rings is 1. The van der Waals surface area contributed by atoms with Crippen molar-refractivity contribution in [3.63, 3.8) is 0 Å². The van der Waals surface area contributed by atoms with E-state index < -0.39 is 5.60 Å². The highest BCUT2D eigenvalue weighted by Crippen LogP contribution is 2.25. The number of Topliss-reactive ketones (excluding diaryl/α,β-unsaturated/α-hetero) is 1. The van der Waals surface area contributed by atoms with Crippen LogP contribution in [0.15, 0.2) is 35.0 Å². The molecule has 0 bridgehead atoms. The molecule has 1 saturated heterocycles. The van der Waals surface area contributed by atoms with Crippen LogP contribution in [0.2, 0.25) is 0 Å². The van der Waals surface area contributed by atoms with E-state index in [1.54, 1.807) is 17.3 Å². The minimum absolute atomic E-state index is 0.0848. The standard InChI is InChI=1S/C22H29N3O4/c1-22(2,3)29-21(27)25-13-10-16(11-14-25)7-6-9-18(26)20-24-15-19(28-20)17-8-4-5-12-23-17/h4-5,8,12,15-16H,6-7,9-11,13-14H2,1-3H3. The Hall–Kier alpha value is -2.70. The molecule has 0 aliphatic carbocycles. The topological polar surface area (TPSA) is 85.5 Å². The molecule has 1 aliphatic rings. The third kappa shape index (κ3) is 6.14. The Labute approximate surface area is 171 Å². The summed E-state index contributed by atoms with van der Waals surface area (Å²) in [5.74, 6) is 1.09. The number of amides is 1. The second kappa shape index (κ2) is 9.20. The minimum Gasteiger partial charge on any atom is -0.444 e. The van der Waals surface area contributed by atoms with Crippen LogP contribution in [0.4, 0.5) is 4.79 Å². The number of rotatable bonds is 6. The van der Waals surface area contributed by atoms with Crippen molar-refractivity contribution in [1.29, 1.82) is 0 Å². The number of likely N-dealkylation sites (tertiary alicyclic amines) is 1. The number of ether oxygens (including phenoxy) is 1. The monoisotopic (exact) mass is 399 g/mol. The normalized spacial score (nSPS) is 15.3. The van der Waals surface area contributed by atoms with Gasteiger partial charge in [-0.3, -0.25) is 9.78 Å². The van der Waals surface area contributed by atoms with E-state index in [1.165, 1.54) is 0 Å². The summed E-state index contributed by atoms with van der Waals surface area (Å²) < 4.78 is 11.0. The van der Waals surface area contributed by atoms with Gasteiger partial charge in [-0.2, -0.15) is 0 Å². The molecule has 0 radical (unpaired) electrons. The number of oxazole rings is 1. The third-order valence-electron chi connectivity index (χ3n) is 4.94. The van der Waals surface area contributed by atoms with Gasteiger partial charge in [-0.1, -0.05) is 6.07 Å². The molecule has 156 valence electrons. The first-order valence-corrected chi connectivity index (χ1v) is 10.2. The van der Waals surface area contributed by atoms with Crippen molar-refractivity contribution in [3.05, 3.63) is 36.5 Å². The number of hydrogen-bond donors (Lipinski definition) is 0. The molecule has 1 fully saturated rings. The number of nitrogens with zero attached hydrogens (tertiary/aromatic N) is 3. The van der Waals surface area contributed by atoms with Gasteiger partial charge in [0, 0.05) is 25.7 Å². The van der Waals surface area contributed by atoms with Crippen LogP contribution in [0.1, 0.15) is 63.6 Å². The van der Waals surface area contributed by atoms with Gasteiger partial charge in [0.25, 0.3) is 5.89 Å². The molecule has 0 unspecified atom stereocenters. The average Bonchev–Trinajstić information content (AvgIpc) is 3.18. The van der Waals surface area contributed by atoms with E-state index in [4.69, 9.17) is 9.15 Å². The summed E-state index contributed by atoms with van der Waals surface area (Å²) in [6.45, 7) is 7.05. The lowest BCUT2D eigenvalue weighted by Crippen LogP contribution is -2.41. The van der Waals surface area contributed by atoms with E-state index in [0.29, 0.717) is 36.9 Å². The molecule has 1 aliphatic heterocycles. The minimum atomic E-state index is -0.468. The van der Waals surface area contributed by atoms with E-state index in [1.807, 2.05) is 39.0 Å². The van der Waals surface area contributed by atoms with Crippen molar-refractivity contribution in [2.45, 2.75) is 58.5 Å².